The van der Waals surface area contributed by atoms with Crippen LogP contribution in [0.4, 0.5) is 0 Å². The Labute approximate surface area is 169 Å². The van der Waals surface area contributed by atoms with Crippen molar-refractivity contribution in [3.8, 4) is 11.1 Å². The van der Waals surface area contributed by atoms with Crippen LogP contribution in [0.5, 0.6) is 0 Å². The van der Waals surface area contributed by atoms with Crippen molar-refractivity contribution in [2.75, 3.05) is 7.05 Å². The van der Waals surface area contributed by atoms with Crippen LogP contribution in [-0.4, -0.2) is 30.7 Å². The van der Waals surface area contributed by atoms with Gasteiger partial charge in [0.05, 0.1) is 4.90 Å². The second kappa shape index (κ2) is 6.90. The average molecular weight is 405 g/mol. The molecule has 0 amide bonds. The van der Waals surface area contributed by atoms with Gasteiger partial charge in [-0.15, -0.1) is 0 Å². The second-order valence-corrected chi connectivity index (χ2v) is 8.88. The first-order valence-corrected chi connectivity index (χ1v) is 10.5. The molecule has 1 aliphatic rings. The van der Waals surface area contributed by atoms with E-state index in [1.165, 1.54) is 19.2 Å². The molecular formula is C23H19NO4S. The summed E-state index contributed by atoms with van der Waals surface area (Å²) in [7, 11) is -2.65. The van der Waals surface area contributed by atoms with Gasteiger partial charge in [0.1, 0.15) is 5.70 Å². The molecule has 0 atom stereocenters. The number of carbonyl (C=O) groups is 1. The molecule has 0 unspecified atom stereocenters. The number of sulfonamides is 1. The molecule has 5 nitrogen and oxygen atoms in total. The Hall–Kier alpha value is -3.38. The monoisotopic (exact) mass is 405 g/mol. The van der Waals surface area contributed by atoms with E-state index in [0.717, 1.165) is 21.0 Å². The number of ketones is 1. The van der Waals surface area contributed by atoms with Crippen LogP contribution < -0.4 is 0 Å². The van der Waals surface area contributed by atoms with Crippen molar-refractivity contribution in [2.45, 2.75) is 11.8 Å². The third-order valence-electron chi connectivity index (χ3n) is 5.04. The third-order valence-corrected chi connectivity index (χ3v) is 6.86. The Morgan fingerprint density at radius 2 is 1.59 bits per heavy atom. The zero-order valence-corrected chi connectivity index (χ0v) is 16.8. The summed E-state index contributed by atoms with van der Waals surface area (Å²) >= 11 is 0. The van der Waals surface area contributed by atoms with E-state index < -0.39 is 15.8 Å². The molecule has 3 aromatic carbocycles. The summed E-state index contributed by atoms with van der Waals surface area (Å²) < 4.78 is 26.5. The lowest BCUT2D eigenvalue weighted by atomic mass is 9.98. The molecule has 146 valence electrons. The summed E-state index contributed by atoms with van der Waals surface area (Å²) in [6.45, 7) is 2.00. The van der Waals surface area contributed by atoms with Gasteiger partial charge in [0, 0.05) is 18.2 Å². The van der Waals surface area contributed by atoms with Crippen LogP contribution in [0.25, 0.3) is 16.9 Å². The first kappa shape index (κ1) is 19.0. The topological polar surface area (TPSA) is 74.7 Å². The Morgan fingerprint density at radius 3 is 2.31 bits per heavy atom. The number of likely N-dealkylation sites (N-methyl/N-ethyl adjacent to an activating group) is 1. The minimum atomic E-state index is -3.93. The number of hydrogen-bond acceptors (Lipinski definition) is 4. The van der Waals surface area contributed by atoms with Crippen LogP contribution in [0.15, 0.2) is 83.4 Å². The van der Waals surface area contributed by atoms with Crippen molar-refractivity contribution >= 4 is 21.6 Å². The summed E-state index contributed by atoms with van der Waals surface area (Å²) in [6.07, 6.45) is 0. The summed E-state index contributed by atoms with van der Waals surface area (Å²) in [5.74, 6) is -0.902. The van der Waals surface area contributed by atoms with Gasteiger partial charge in [-0.2, -0.15) is 0 Å². The van der Waals surface area contributed by atoms with Crippen molar-refractivity contribution < 1.29 is 18.3 Å². The molecule has 29 heavy (non-hydrogen) atoms. The highest BCUT2D eigenvalue weighted by Gasteiger charge is 2.37. The SMILES string of the molecule is Cc1ccc(-c2cccc(C(=O)C3=C(O)c4ccccc4S(=O)(=O)N3C)c2)cc1. The Kier molecular flexibility index (Phi) is 4.51. The Bertz CT molecular complexity index is 1260. The molecule has 4 rings (SSSR count). The molecule has 0 aromatic heterocycles. The van der Waals surface area contributed by atoms with E-state index >= 15 is 0 Å². The van der Waals surface area contributed by atoms with Crippen molar-refractivity contribution in [1.29, 1.82) is 0 Å². The largest absolute Gasteiger partial charge is 0.505 e. The molecule has 1 N–H and O–H groups in total. The number of nitrogens with zero attached hydrogens (tertiary/aromatic N) is 1. The van der Waals surface area contributed by atoms with Gasteiger partial charge < -0.3 is 5.11 Å². The van der Waals surface area contributed by atoms with E-state index in [9.17, 15) is 18.3 Å². The van der Waals surface area contributed by atoms with Crippen LogP contribution in [0.3, 0.4) is 0 Å². The van der Waals surface area contributed by atoms with Crippen LogP contribution in [-0.2, 0) is 10.0 Å². The van der Waals surface area contributed by atoms with E-state index in [-0.39, 0.29) is 21.9 Å². The fourth-order valence-corrected chi connectivity index (χ4v) is 4.80. The number of benzene rings is 3. The fraction of sp³-hybridized carbons (Fsp3) is 0.0870. The number of rotatable bonds is 3. The summed E-state index contributed by atoms with van der Waals surface area (Å²) in [4.78, 5) is 13.2. The second-order valence-electron chi connectivity index (χ2n) is 6.94. The van der Waals surface area contributed by atoms with Gasteiger partial charge in [-0.3, -0.25) is 9.10 Å². The minimum Gasteiger partial charge on any atom is -0.505 e. The number of fused-ring (bicyclic) bond motifs is 1. The van der Waals surface area contributed by atoms with Crippen molar-refractivity contribution in [3.63, 3.8) is 0 Å². The number of aryl methyl sites for hydroxylation is 1. The van der Waals surface area contributed by atoms with Gasteiger partial charge in [0.25, 0.3) is 10.0 Å². The van der Waals surface area contributed by atoms with E-state index in [4.69, 9.17) is 0 Å². The predicted octanol–water partition coefficient (Wildman–Crippen LogP) is 4.41. The highest BCUT2D eigenvalue weighted by atomic mass is 32.2. The van der Waals surface area contributed by atoms with Gasteiger partial charge in [-0.25, -0.2) is 8.42 Å². The van der Waals surface area contributed by atoms with Crippen LogP contribution in [0, 0.1) is 6.92 Å². The van der Waals surface area contributed by atoms with Gasteiger partial charge in [0.2, 0.25) is 5.78 Å². The molecule has 0 bridgehead atoms. The molecule has 1 aliphatic heterocycles. The van der Waals surface area contributed by atoms with Gasteiger partial charge in [-0.05, 0) is 36.2 Å². The maximum absolute atomic E-state index is 13.2. The molecule has 0 spiro atoms. The zero-order valence-electron chi connectivity index (χ0n) is 16.0. The Balaban J connectivity index is 1.83. The first-order valence-electron chi connectivity index (χ1n) is 9.04. The number of Topliss-reactive ketones (excluding diaryl/α,β-unsaturated/α-hetero) is 1. The van der Waals surface area contributed by atoms with Crippen LogP contribution >= 0.6 is 0 Å². The van der Waals surface area contributed by atoms with E-state index in [1.807, 2.05) is 37.3 Å². The maximum Gasteiger partial charge on any atom is 0.265 e. The molecule has 1 heterocycles. The lowest BCUT2D eigenvalue weighted by molar-refractivity contribution is 0.101. The molecule has 0 fully saturated rings. The predicted molar refractivity (Wildman–Crippen MR) is 112 cm³/mol. The number of carbonyl (C=O) groups excluding carboxylic acids is 1. The van der Waals surface area contributed by atoms with Crippen molar-refractivity contribution in [1.82, 2.24) is 4.31 Å². The Morgan fingerprint density at radius 1 is 0.897 bits per heavy atom. The number of allylic oxidation sites excluding steroid dienone is 1. The van der Waals surface area contributed by atoms with Crippen LogP contribution in [0.2, 0.25) is 0 Å². The molecule has 3 aromatic rings. The summed E-state index contributed by atoms with van der Waals surface area (Å²) in [6, 6.07) is 20.9. The van der Waals surface area contributed by atoms with Gasteiger partial charge in [0.15, 0.2) is 5.76 Å². The van der Waals surface area contributed by atoms with Gasteiger partial charge in [-0.1, -0.05) is 60.2 Å². The smallest absolute Gasteiger partial charge is 0.265 e. The highest BCUT2D eigenvalue weighted by molar-refractivity contribution is 7.89. The third kappa shape index (κ3) is 3.11. The molecule has 0 saturated heterocycles. The van der Waals surface area contributed by atoms with E-state index in [1.54, 1.807) is 30.3 Å². The molecule has 0 aliphatic carbocycles. The number of hydrogen-bond donors (Lipinski definition) is 1. The van der Waals surface area contributed by atoms with Crippen molar-refractivity contribution in [3.05, 3.63) is 95.2 Å². The van der Waals surface area contributed by atoms with Crippen LogP contribution in [0.1, 0.15) is 21.5 Å². The maximum atomic E-state index is 13.2. The summed E-state index contributed by atoms with van der Waals surface area (Å²) in [5.41, 5.74) is 3.07. The highest BCUT2D eigenvalue weighted by Crippen LogP contribution is 2.36. The summed E-state index contributed by atoms with van der Waals surface area (Å²) in [5, 5.41) is 10.7. The molecular weight excluding hydrogens is 386 g/mol. The fourth-order valence-electron chi connectivity index (χ4n) is 3.40. The number of aliphatic hydroxyl groups is 1. The molecule has 0 saturated carbocycles. The number of aliphatic hydroxyl groups excluding tert-OH is 1. The van der Waals surface area contributed by atoms with E-state index in [2.05, 4.69) is 0 Å². The minimum absolute atomic E-state index is 0.0232. The first-order chi connectivity index (χ1) is 13.8. The normalized spacial score (nSPS) is 15.2. The van der Waals surface area contributed by atoms with E-state index in [0.29, 0.717) is 5.56 Å². The average Bonchev–Trinajstić information content (AvgIpc) is 2.73. The zero-order chi connectivity index (χ0) is 20.8. The molecule has 6 heteroatoms. The lowest BCUT2D eigenvalue weighted by Gasteiger charge is -2.28. The lowest BCUT2D eigenvalue weighted by Crippen LogP contribution is -2.35. The molecule has 0 radical (unpaired) electrons. The quantitative estimate of drug-likeness (QED) is 0.655. The van der Waals surface area contributed by atoms with Gasteiger partial charge >= 0.3 is 0 Å². The van der Waals surface area contributed by atoms with Crippen molar-refractivity contribution in [2.24, 2.45) is 0 Å². The standard InChI is InChI=1S/C23H19NO4S/c1-15-10-12-16(13-11-15)17-6-5-7-18(14-17)22(25)21-23(26)19-8-3-4-9-20(19)29(27,28)24(21)2/h3-14,26H,1-2H3.